The maximum absolute atomic E-state index is 12.1. The Morgan fingerprint density at radius 3 is 2.36 bits per heavy atom. The molecule has 1 unspecified atom stereocenters. The third kappa shape index (κ3) is 6.61. The molecule has 5 nitrogen and oxygen atoms in total. The molecule has 2 N–H and O–H groups in total. The third-order valence-electron chi connectivity index (χ3n) is 3.63. The lowest BCUT2D eigenvalue weighted by Crippen LogP contribution is -2.28. The lowest BCUT2D eigenvalue weighted by molar-refractivity contribution is -0.137. The van der Waals surface area contributed by atoms with Crippen molar-refractivity contribution < 1.29 is 19.4 Å². The van der Waals surface area contributed by atoms with Gasteiger partial charge in [0.2, 0.25) is 5.91 Å². The van der Waals surface area contributed by atoms with Gasteiger partial charge in [-0.2, -0.15) is 0 Å². The van der Waals surface area contributed by atoms with E-state index in [1.165, 1.54) is 0 Å². The highest BCUT2D eigenvalue weighted by molar-refractivity contribution is 5.83. The Hall–Kier alpha value is -2.04. The van der Waals surface area contributed by atoms with Crippen LogP contribution in [0.15, 0.2) is 24.3 Å². The molecule has 22 heavy (non-hydrogen) atoms. The summed E-state index contributed by atoms with van der Waals surface area (Å²) >= 11 is 0. The highest BCUT2D eigenvalue weighted by Crippen LogP contribution is 2.19. The number of ether oxygens (including phenoxy) is 1. The van der Waals surface area contributed by atoms with Crippen molar-refractivity contribution in [1.29, 1.82) is 0 Å². The number of carboxylic acid groups (broad SMARTS) is 1. The van der Waals surface area contributed by atoms with Crippen molar-refractivity contribution in [2.24, 2.45) is 0 Å². The van der Waals surface area contributed by atoms with Gasteiger partial charge in [-0.05, 0) is 37.5 Å². The normalized spacial score (nSPS) is 11.7. The summed E-state index contributed by atoms with van der Waals surface area (Å²) in [6, 6.07) is 7.49. The monoisotopic (exact) mass is 307 g/mol. The summed E-state index contributed by atoms with van der Waals surface area (Å²) in [5.41, 5.74) is 0.958. The second-order valence-electron chi connectivity index (χ2n) is 5.34. The number of aliphatic carboxylic acids is 1. The number of carbonyl (C=O) groups is 2. The van der Waals surface area contributed by atoms with Crippen molar-refractivity contribution in [2.75, 3.05) is 13.7 Å². The molecule has 1 atom stereocenters. The maximum Gasteiger partial charge on any atom is 0.303 e. The first-order valence-electron chi connectivity index (χ1n) is 7.68. The second-order valence-corrected chi connectivity index (χ2v) is 5.34. The number of hydrogen-bond acceptors (Lipinski definition) is 3. The molecule has 0 saturated carbocycles. The zero-order chi connectivity index (χ0) is 16.4. The van der Waals surface area contributed by atoms with Crippen molar-refractivity contribution in [2.45, 2.75) is 44.9 Å². The number of nitrogens with one attached hydrogen (secondary N) is 1. The molecule has 0 aliphatic rings. The van der Waals surface area contributed by atoms with E-state index in [0.717, 1.165) is 30.6 Å². The van der Waals surface area contributed by atoms with E-state index in [0.29, 0.717) is 13.0 Å². The van der Waals surface area contributed by atoms with E-state index >= 15 is 0 Å². The minimum atomic E-state index is -0.749. The van der Waals surface area contributed by atoms with Crippen molar-refractivity contribution >= 4 is 11.9 Å². The molecule has 0 radical (unpaired) electrons. The van der Waals surface area contributed by atoms with Gasteiger partial charge in [0, 0.05) is 13.0 Å². The van der Waals surface area contributed by atoms with Crippen molar-refractivity contribution in [3.63, 3.8) is 0 Å². The first-order valence-corrected chi connectivity index (χ1v) is 7.68. The number of carbonyl (C=O) groups excluding carboxylic acids is 1. The summed E-state index contributed by atoms with van der Waals surface area (Å²) in [6.07, 6.45) is 3.62. The van der Waals surface area contributed by atoms with Crippen LogP contribution >= 0.6 is 0 Å². The van der Waals surface area contributed by atoms with Gasteiger partial charge >= 0.3 is 5.97 Å². The van der Waals surface area contributed by atoms with Crippen LogP contribution in [0.1, 0.15) is 50.5 Å². The first kappa shape index (κ1) is 18.0. The Morgan fingerprint density at radius 2 is 1.77 bits per heavy atom. The first-order chi connectivity index (χ1) is 10.5. The van der Waals surface area contributed by atoms with Crippen LogP contribution in [0, 0.1) is 0 Å². The average molecular weight is 307 g/mol. The molecule has 0 spiro atoms. The number of rotatable bonds is 10. The molecule has 122 valence electrons. The quantitative estimate of drug-likeness (QED) is 0.652. The molecule has 1 amide bonds. The molecule has 0 bridgehead atoms. The lowest BCUT2D eigenvalue weighted by atomic mass is 10.0. The van der Waals surface area contributed by atoms with Gasteiger partial charge in [-0.25, -0.2) is 0 Å². The summed E-state index contributed by atoms with van der Waals surface area (Å²) in [6.45, 7) is 2.51. The largest absolute Gasteiger partial charge is 0.497 e. The van der Waals surface area contributed by atoms with Crippen LogP contribution in [-0.2, 0) is 9.59 Å². The highest BCUT2D eigenvalue weighted by atomic mass is 16.5. The Kier molecular flexibility index (Phi) is 8.04. The van der Waals surface area contributed by atoms with Crippen LogP contribution in [0.25, 0.3) is 0 Å². The molecular weight excluding hydrogens is 282 g/mol. The average Bonchev–Trinajstić information content (AvgIpc) is 2.52. The summed E-state index contributed by atoms with van der Waals surface area (Å²) in [7, 11) is 1.61. The molecule has 1 aromatic rings. The number of carboxylic acids is 1. The van der Waals surface area contributed by atoms with Crippen LogP contribution in [0.5, 0.6) is 5.75 Å². The predicted molar refractivity (Wildman–Crippen MR) is 85.1 cm³/mol. The Labute approximate surface area is 131 Å². The number of amides is 1. The van der Waals surface area contributed by atoms with Crippen molar-refractivity contribution in [3.8, 4) is 5.75 Å². The van der Waals surface area contributed by atoms with E-state index < -0.39 is 5.97 Å². The van der Waals surface area contributed by atoms with E-state index in [1.807, 2.05) is 31.2 Å². The molecule has 1 aromatic carbocycles. The van der Waals surface area contributed by atoms with Gasteiger partial charge in [0.25, 0.3) is 0 Å². The molecule has 0 aliphatic carbocycles. The second kappa shape index (κ2) is 9.82. The van der Waals surface area contributed by atoms with Gasteiger partial charge in [-0.15, -0.1) is 0 Å². The highest BCUT2D eigenvalue weighted by Gasteiger charge is 2.14. The molecule has 0 heterocycles. The fraction of sp³-hybridized carbons (Fsp3) is 0.529. The van der Waals surface area contributed by atoms with E-state index in [4.69, 9.17) is 9.84 Å². The topological polar surface area (TPSA) is 75.6 Å². The van der Waals surface area contributed by atoms with E-state index in [-0.39, 0.29) is 18.2 Å². The van der Waals surface area contributed by atoms with E-state index in [2.05, 4.69) is 5.32 Å². The van der Waals surface area contributed by atoms with Gasteiger partial charge in [0.1, 0.15) is 5.75 Å². The van der Waals surface area contributed by atoms with Crippen LogP contribution in [-0.4, -0.2) is 30.6 Å². The standard InChI is InChI=1S/C17H25NO4/c1-13(14-8-10-15(22-2)11-9-14)17(21)18-12-6-4-3-5-7-16(19)20/h8-11,13H,3-7,12H2,1-2H3,(H,18,21)(H,19,20). The zero-order valence-corrected chi connectivity index (χ0v) is 13.3. The van der Waals surface area contributed by atoms with Crippen LogP contribution in [0.3, 0.4) is 0 Å². The minimum absolute atomic E-state index is 0.00991. The Morgan fingerprint density at radius 1 is 1.14 bits per heavy atom. The SMILES string of the molecule is COc1ccc(C(C)C(=O)NCCCCCCC(=O)O)cc1. The van der Waals surface area contributed by atoms with Crippen LogP contribution in [0.4, 0.5) is 0 Å². The van der Waals surface area contributed by atoms with Gasteiger partial charge in [-0.3, -0.25) is 9.59 Å². The lowest BCUT2D eigenvalue weighted by Gasteiger charge is -2.13. The van der Waals surface area contributed by atoms with Gasteiger partial charge in [0.05, 0.1) is 13.0 Å². The predicted octanol–water partition coefficient (Wildman–Crippen LogP) is 2.95. The zero-order valence-electron chi connectivity index (χ0n) is 13.3. The van der Waals surface area contributed by atoms with E-state index in [1.54, 1.807) is 7.11 Å². The molecule has 1 rings (SSSR count). The Balaban J connectivity index is 2.22. The van der Waals surface area contributed by atoms with E-state index in [9.17, 15) is 9.59 Å². The van der Waals surface area contributed by atoms with Gasteiger partial charge < -0.3 is 15.2 Å². The van der Waals surface area contributed by atoms with Gasteiger partial charge in [-0.1, -0.05) is 25.0 Å². The molecular formula is C17H25NO4. The molecule has 0 aliphatic heterocycles. The number of hydrogen-bond donors (Lipinski definition) is 2. The van der Waals surface area contributed by atoms with Crippen molar-refractivity contribution in [1.82, 2.24) is 5.32 Å². The Bertz CT molecular complexity index is 470. The molecule has 0 aromatic heterocycles. The number of methoxy groups -OCH3 is 1. The summed E-state index contributed by atoms with van der Waals surface area (Å²) < 4.78 is 5.10. The molecule has 5 heteroatoms. The molecule has 0 fully saturated rings. The summed E-state index contributed by atoms with van der Waals surface area (Å²) in [5.74, 6) is -0.159. The minimum Gasteiger partial charge on any atom is -0.497 e. The van der Waals surface area contributed by atoms with Crippen molar-refractivity contribution in [3.05, 3.63) is 29.8 Å². The van der Waals surface area contributed by atoms with Crippen LogP contribution in [0.2, 0.25) is 0 Å². The summed E-state index contributed by atoms with van der Waals surface area (Å²) in [5, 5.41) is 11.4. The number of unbranched alkanes of at least 4 members (excludes halogenated alkanes) is 3. The number of benzene rings is 1. The maximum atomic E-state index is 12.1. The summed E-state index contributed by atoms with van der Waals surface area (Å²) in [4.78, 5) is 22.4. The molecule has 0 saturated heterocycles. The smallest absolute Gasteiger partial charge is 0.303 e. The fourth-order valence-corrected chi connectivity index (χ4v) is 2.16. The van der Waals surface area contributed by atoms with Gasteiger partial charge in [0.15, 0.2) is 0 Å². The third-order valence-corrected chi connectivity index (χ3v) is 3.63. The fourth-order valence-electron chi connectivity index (χ4n) is 2.16. The van der Waals surface area contributed by atoms with Crippen LogP contribution < -0.4 is 10.1 Å².